The minimum atomic E-state index is -0.130. The van der Waals surface area contributed by atoms with Crippen LogP contribution in [0.5, 0.6) is 5.75 Å². The molecule has 0 radical (unpaired) electrons. The molecule has 0 aromatic heterocycles. The van der Waals surface area contributed by atoms with Crippen LogP contribution in [-0.2, 0) is 9.47 Å². The Morgan fingerprint density at radius 3 is 2.60 bits per heavy atom. The number of nitrogens with one attached hydrogen (secondary N) is 2. The molecule has 0 spiro atoms. The van der Waals surface area contributed by atoms with Crippen molar-refractivity contribution in [1.82, 2.24) is 10.6 Å². The molecule has 1 atom stereocenters. The fraction of sp³-hybridized carbons (Fsp3) is 0.682. The van der Waals surface area contributed by atoms with Crippen LogP contribution in [0.15, 0.2) is 24.3 Å². The van der Waals surface area contributed by atoms with Crippen LogP contribution in [0.25, 0.3) is 0 Å². The van der Waals surface area contributed by atoms with E-state index in [1.807, 2.05) is 19.1 Å². The predicted octanol–water partition coefficient (Wildman–Crippen LogP) is 4.35. The van der Waals surface area contributed by atoms with E-state index in [1.165, 1.54) is 0 Å². The van der Waals surface area contributed by atoms with E-state index in [-0.39, 0.29) is 16.1 Å². The number of carbonyl (C=O) groups excluding carboxylic acids is 1. The molecule has 8 heteroatoms. The van der Waals surface area contributed by atoms with Crippen molar-refractivity contribution in [3.05, 3.63) is 29.8 Å². The Morgan fingerprint density at radius 2 is 1.93 bits per heavy atom. The Bertz CT molecular complexity index is 609. The molecule has 0 fully saturated rings. The topological polar surface area (TPSA) is 68.8 Å². The van der Waals surface area contributed by atoms with Gasteiger partial charge in [0.15, 0.2) is 0 Å². The summed E-state index contributed by atoms with van der Waals surface area (Å²) in [5.74, 6) is 0.552. The predicted molar refractivity (Wildman–Crippen MR) is 129 cm³/mol. The summed E-state index contributed by atoms with van der Waals surface area (Å²) in [5, 5.41) is 6.20. The second-order valence-electron chi connectivity index (χ2n) is 7.99. The zero-order valence-electron chi connectivity index (χ0n) is 19.2. The van der Waals surface area contributed by atoms with Gasteiger partial charge in [0.2, 0.25) is 0 Å². The first kappa shape index (κ1) is 27.1. The number of benzene rings is 1. The fourth-order valence-electron chi connectivity index (χ4n) is 2.21. The van der Waals surface area contributed by atoms with E-state index in [0.29, 0.717) is 50.3 Å². The van der Waals surface area contributed by atoms with Crippen molar-refractivity contribution in [2.24, 2.45) is 0 Å². The zero-order valence-corrected chi connectivity index (χ0v) is 20.8. The number of rotatable bonds is 15. The highest BCUT2D eigenvalue weighted by molar-refractivity contribution is 8.77. The standard InChI is InChI=1S/C22H38N2O4S2/c1-7-26-13-14-27-20(29-30-22(4,5)6)16-28-19-10-8-9-18(15-19)21(25)24-12-11-23-17(2)3/h8-10,15,17,20,23H,7,11-14,16H2,1-6H3,(H,24,25). The van der Waals surface area contributed by atoms with Crippen molar-refractivity contribution in [2.45, 2.75) is 57.8 Å². The quantitative estimate of drug-likeness (QED) is 0.230. The highest BCUT2D eigenvalue weighted by atomic mass is 33.1. The lowest BCUT2D eigenvalue weighted by Gasteiger charge is -2.22. The maximum absolute atomic E-state index is 12.4. The first-order valence-electron chi connectivity index (χ1n) is 10.5. The molecule has 0 saturated carbocycles. The summed E-state index contributed by atoms with van der Waals surface area (Å²) in [4.78, 5) is 12.4. The van der Waals surface area contributed by atoms with E-state index < -0.39 is 0 Å². The summed E-state index contributed by atoms with van der Waals surface area (Å²) in [7, 11) is 3.42. The van der Waals surface area contributed by atoms with Crippen LogP contribution in [0.1, 0.15) is 51.9 Å². The molecule has 0 heterocycles. The van der Waals surface area contributed by atoms with E-state index in [0.717, 1.165) is 6.54 Å². The Labute approximate surface area is 190 Å². The lowest BCUT2D eigenvalue weighted by Crippen LogP contribution is -2.34. The average Bonchev–Trinajstić information content (AvgIpc) is 2.69. The van der Waals surface area contributed by atoms with Crippen LogP contribution < -0.4 is 15.4 Å². The van der Waals surface area contributed by atoms with Crippen LogP contribution in [0.2, 0.25) is 0 Å². The van der Waals surface area contributed by atoms with Crippen molar-refractivity contribution in [3.8, 4) is 5.75 Å². The molecule has 1 amide bonds. The first-order valence-corrected chi connectivity index (χ1v) is 12.7. The molecule has 1 aromatic carbocycles. The number of amides is 1. The molecule has 172 valence electrons. The highest BCUT2D eigenvalue weighted by Crippen LogP contribution is 2.38. The molecule has 2 N–H and O–H groups in total. The number of hydrogen-bond acceptors (Lipinski definition) is 7. The number of carbonyl (C=O) groups is 1. The van der Waals surface area contributed by atoms with Gasteiger partial charge in [-0.05, 0) is 25.1 Å². The van der Waals surface area contributed by atoms with Gasteiger partial charge >= 0.3 is 0 Å². The Hall–Kier alpha value is -0.930. The van der Waals surface area contributed by atoms with Crippen LogP contribution in [0.4, 0.5) is 0 Å². The van der Waals surface area contributed by atoms with Crippen LogP contribution in [-0.4, -0.2) is 61.6 Å². The van der Waals surface area contributed by atoms with Gasteiger partial charge in [0.25, 0.3) is 5.91 Å². The van der Waals surface area contributed by atoms with Gasteiger partial charge in [-0.25, -0.2) is 0 Å². The summed E-state index contributed by atoms with van der Waals surface area (Å²) in [5.41, 5.74) is 0.455. The Balaban J connectivity index is 2.56. The molecule has 1 aromatic rings. The summed E-state index contributed by atoms with van der Waals surface area (Å²) in [6, 6.07) is 7.65. The van der Waals surface area contributed by atoms with Gasteiger partial charge in [-0.3, -0.25) is 4.79 Å². The molecule has 0 aliphatic carbocycles. The van der Waals surface area contributed by atoms with E-state index >= 15 is 0 Å². The maximum atomic E-state index is 12.4. The summed E-state index contributed by atoms with van der Waals surface area (Å²) >= 11 is 0. The number of ether oxygens (including phenoxy) is 3. The Morgan fingerprint density at radius 1 is 1.17 bits per heavy atom. The Kier molecular flexibility index (Phi) is 13.5. The average molecular weight is 459 g/mol. The van der Waals surface area contributed by atoms with E-state index in [2.05, 4.69) is 45.3 Å². The van der Waals surface area contributed by atoms with E-state index in [1.54, 1.807) is 33.7 Å². The van der Waals surface area contributed by atoms with Gasteiger partial charge in [-0.15, -0.1) is 0 Å². The molecule has 1 unspecified atom stereocenters. The molecule has 0 bridgehead atoms. The lowest BCUT2D eigenvalue weighted by molar-refractivity contribution is 0.0266. The molecule has 30 heavy (non-hydrogen) atoms. The van der Waals surface area contributed by atoms with Crippen molar-refractivity contribution in [3.63, 3.8) is 0 Å². The smallest absolute Gasteiger partial charge is 0.251 e. The van der Waals surface area contributed by atoms with Crippen molar-refractivity contribution >= 4 is 27.5 Å². The monoisotopic (exact) mass is 458 g/mol. The maximum Gasteiger partial charge on any atom is 0.251 e. The third-order valence-corrected chi connectivity index (χ3v) is 7.10. The van der Waals surface area contributed by atoms with Gasteiger partial charge in [-0.1, -0.05) is 62.3 Å². The van der Waals surface area contributed by atoms with Crippen LogP contribution >= 0.6 is 21.6 Å². The van der Waals surface area contributed by atoms with Crippen molar-refractivity contribution < 1.29 is 19.0 Å². The summed E-state index contributed by atoms with van der Waals surface area (Å²) in [6.45, 7) is 16.1. The van der Waals surface area contributed by atoms with Crippen LogP contribution in [0, 0.1) is 0 Å². The summed E-state index contributed by atoms with van der Waals surface area (Å²) < 4.78 is 17.4. The minimum absolute atomic E-state index is 0.104. The van der Waals surface area contributed by atoms with Gasteiger partial charge < -0.3 is 24.8 Å². The normalized spacial score (nSPS) is 12.8. The molecule has 6 nitrogen and oxygen atoms in total. The van der Waals surface area contributed by atoms with E-state index in [9.17, 15) is 4.79 Å². The highest BCUT2D eigenvalue weighted by Gasteiger charge is 2.18. The first-order chi connectivity index (χ1) is 14.2. The van der Waals surface area contributed by atoms with Gasteiger partial charge in [0.05, 0.1) is 13.2 Å². The molecule has 1 rings (SSSR count). The molecule has 0 aliphatic rings. The largest absolute Gasteiger partial charge is 0.490 e. The van der Waals surface area contributed by atoms with Gasteiger partial charge in [0, 0.05) is 36.0 Å². The van der Waals surface area contributed by atoms with Crippen molar-refractivity contribution in [2.75, 3.05) is 39.5 Å². The molecular formula is C22H38N2O4S2. The second-order valence-corrected chi connectivity index (χ2v) is 11.2. The van der Waals surface area contributed by atoms with Crippen LogP contribution in [0.3, 0.4) is 0 Å². The number of hydrogen-bond donors (Lipinski definition) is 2. The fourth-order valence-corrected chi connectivity index (χ4v) is 4.41. The van der Waals surface area contributed by atoms with Gasteiger partial charge in [0.1, 0.15) is 17.8 Å². The van der Waals surface area contributed by atoms with E-state index in [4.69, 9.17) is 14.2 Å². The third kappa shape index (κ3) is 13.4. The molecule has 0 aliphatic heterocycles. The third-order valence-electron chi connectivity index (χ3n) is 3.59. The molecule has 0 saturated heterocycles. The minimum Gasteiger partial charge on any atom is -0.490 e. The van der Waals surface area contributed by atoms with Crippen molar-refractivity contribution in [1.29, 1.82) is 0 Å². The summed E-state index contributed by atoms with van der Waals surface area (Å²) in [6.07, 6.45) is 0. The second kappa shape index (κ2) is 15.0. The SMILES string of the molecule is CCOCCOC(COc1cccc(C(=O)NCCNC(C)C)c1)SSC(C)(C)C. The van der Waals surface area contributed by atoms with Gasteiger partial charge in [-0.2, -0.15) is 0 Å². The zero-order chi connectivity index (χ0) is 22.4. The lowest BCUT2D eigenvalue weighted by atomic mass is 10.2. The molecular weight excluding hydrogens is 420 g/mol.